The van der Waals surface area contributed by atoms with E-state index < -0.39 is 0 Å². The summed E-state index contributed by atoms with van der Waals surface area (Å²) in [7, 11) is 0. The fourth-order valence-corrected chi connectivity index (χ4v) is 4.15. The monoisotopic (exact) mass is 267 g/mol. The van der Waals surface area contributed by atoms with Crippen molar-refractivity contribution in [1.29, 1.82) is 0 Å². The van der Waals surface area contributed by atoms with Crippen LogP contribution in [0.5, 0.6) is 0 Å². The van der Waals surface area contributed by atoms with E-state index in [1.807, 2.05) is 0 Å². The van der Waals surface area contributed by atoms with E-state index in [1.54, 1.807) is 0 Å². The fourth-order valence-electron chi connectivity index (χ4n) is 4.15. The van der Waals surface area contributed by atoms with Crippen LogP contribution in [0.4, 0.5) is 0 Å². The Bertz CT molecular complexity index is 250. The van der Waals surface area contributed by atoms with E-state index in [-0.39, 0.29) is 0 Å². The van der Waals surface area contributed by atoms with Gasteiger partial charge in [-0.25, -0.2) is 0 Å². The smallest absolute Gasteiger partial charge is 0.0471 e. The van der Waals surface area contributed by atoms with Crippen LogP contribution in [0.25, 0.3) is 0 Å². The molecule has 112 valence electrons. The molecule has 2 aliphatic carbocycles. The van der Waals surface area contributed by atoms with E-state index in [0.29, 0.717) is 24.6 Å². The first-order chi connectivity index (χ1) is 9.22. The highest BCUT2D eigenvalue weighted by Crippen LogP contribution is 2.38. The van der Waals surface area contributed by atoms with Crippen LogP contribution in [-0.4, -0.2) is 23.8 Å². The topological polar surface area (TPSA) is 32.3 Å². The van der Waals surface area contributed by atoms with Crippen LogP contribution in [0.2, 0.25) is 0 Å². The molecule has 2 saturated carbocycles. The first kappa shape index (κ1) is 15.3. The lowest BCUT2D eigenvalue weighted by atomic mass is 9.70. The molecule has 4 unspecified atom stereocenters. The third-order valence-corrected chi connectivity index (χ3v) is 5.69. The van der Waals surface area contributed by atoms with E-state index in [4.69, 9.17) is 0 Å². The lowest BCUT2D eigenvalue weighted by Crippen LogP contribution is -2.48. The molecule has 2 heteroatoms. The van der Waals surface area contributed by atoms with Gasteiger partial charge in [0.1, 0.15) is 0 Å². The first-order valence-electron chi connectivity index (χ1n) is 8.59. The van der Waals surface area contributed by atoms with Crippen LogP contribution in [0.3, 0.4) is 0 Å². The summed E-state index contributed by atoms with van der Waals surface area (Å²) in [4.78, 5) is 0. The normalized spacial score (nSPS) is 33.0. The van der Waals surface area contributed by atoms with E-state index in [9.17, 15) is 5.11 Å². The highest BCUT2D eigenvalue weighted by molar-refractivity contribution is 4.88. The highest BCUT2D eigenvalue weighted by Gasteiger charge is 2.33. The third kappa shape index (κ3) is 4.19. The standard InChI is InChI=1S/C17H33NO/c1-13(12-19)14(2)18-17-11-7-6-10-16(17)15-8-4-3-5-9-15/h13-19H,3-12H2,1-2H3. The minimum atomic E-state index is 0.301. The molecular weight excluding hydrogens is 234 g/mol. The van der Waals surface area contributed by atoms with Crippen LogP contribution < -0.4 is 5.32 Å². The maximum Gasteiger partial charge on any atom is 0.0471 e. The van der Waals surface area contributed by atoms with Crippen LogP contribution >= 0.6 is 0 Å². The lowest BCUT2D eigenvalue weighted by molar-refractivity contribution is 0.126. The van der Waals surface area contributed by atoms with Crippen molar-refractivity contribution in [2.24, 2.45) is 17.8 Å². The molecule has 0 bridgehead atoms. The van der Waals surface area contributed by atoms with Crippen molar-refractivity contribution in [3.8, 4) is 0 Å². The van der Waals surface area contributed by atoms with Gasteiger partial charge in [0, 0.05) is 18.7 Å². The molecule has 19 heavy (non-hydrogen) atoms. The average molecular weight is 267 g/mol. The highest BCUT2D eigenvalue weighted by atomic mass is 16.3. The second-order valence-corrected chi connectivity index (χ2v) is 7.07. The predicted molar refractivity (Wildman–Crippen MR) is 81.2 cm³/mol. The second kappa shape index (κ2) is 7.64. The van der Waals surface area contributed by atoms with Crippen molar-refractivity contribution >= 4 is 0 Å². The Morgan fingerprint density at radius 1 is 0.947 bits per heavy atom. The van der Waals surface area contributed by atoms with Crippen LogP contribution in [0.1, 0.15) is 71.6 Å². The third-order valence-electron chi connectivity index (χ3n) is 5.69. The zero-order chi connectivity index (χ0) is 13.7. The molecule has 0 aromatic carbocycles. The Labute approximate surface area is 119 Å². The van der Waals surface area contributed by atoms with Gasteiger partial charge in [-0.15, -0.1) is 0 Å². The quantitative estimate of drug-likeness (QED) is 0.795. The number of hydrogen-bond acceptors (Lipinski definition) is 2. The molecule has 2 N–H and O–H groups in total. The van der Waals surface area contributed by atoms with Crippen molar-refractivity contribution in [1.82, 2.24) is 5.32 Å². The Kier molecular flexibility index (Phi) is 6.15. The van der Waals surface area contributed by atoms with Gasteiger partial charge >= 0.3 is 0 Å². The molecule has 2 fully saturated rings. The number of hydrogen-bond donors (Lipinski definition) is 2. The Morgan fingerprint density at radius 2 is 1.58 bits per heavy atom. The number of aliphatic hydroxyl groups excluding tert-OH is 1. The zero-order valence-electron chi connectivity index (χ0n) is 12.9. The average Bonchev–Trinajstić information content (AvgIpc) is 2.47. The summed E-state index contributed by atoms with van der Waals surface area (Å²) in [5.74, 6) is 2.25. The summed E-state index contributed by atoms with van der Waals surface area (Å²) in [6, 6.07) is 1.15. The van der Waals surface area contributed by atoms with Gasteiger partial charge in [-0.1, -0.05) is 51.9 Å². The van der Waals surface area contributed by atoms with Gasteiger partial charge < -0.3 is 10.4 Å². The summed E-state index contributed by atoms with van der Waals surface area (Å²) >= 11 is 0. The summed E-state index contributed by atoms with van der Waals surface area (Å²) in [5.41, 5.74) is 0. The van der Waals surface area contributed by atoms with Gasteiger partial charge in [0.15, 0.2) is 0 Å². The van der Waals surface area contributed by atoms with Crippen molar-refractivity contribution in [2.45, 2.75) is 83.7 Å². The molecule has 0 radical (unpaired) electrons. The Hall–Kier alpha value is -0.0800. The molecule has 2 aliphatic rings. The molecule has 4 atom stereocenters. The van der Waals surface area contributed by atoms with E-state index in [2.05, 4.69) is 19.2 Å². The Morgan fingerprint density at radius 3 is 2.26 bits per heavy atom. The van der Waals surface area contributed by atoms with Gasteiger partial charge in [0.25, 0.3) is 0 Å². The van der Waals surface area contributed by atoms with Crippen molar-refractivity contribution in [2.75, 3.05) is 6.61 Å². The molecule has 2 nitrogen and oxygen atoms in total. The number of aliphatic hydroxyl groups is 1. The number of nitrogens with one attached hydrogen (secondary N) is 1. The summed E-state index contributed by atoms with van der Waals surface area (Å²) < 4.78 is 0. The zero-order valence-corrected chi connectivity index (χ0v) is 12.9. The largest absolute Gasteiger partial charge is 0.396 e. The lowest BCUT2D eigenvalue weighted by Gasteiger charge is -2.41. The summed E-state index contributed by atoms with van der Waals surface area (Å²) in [5, 5.41) is 13.2. The van der Waals surface area contributed by atoms with Crippen LogP contribution in [0.15, 0.2) is 0 Å². The fraction of sp³-hybridized carbons (Fsp3) is 1.00. The summed E-state index contributed by atoms with van der Waals surface area (Å²) in [6.45, 7) is 4.69. The van der Waals surface area contributed by atoms with E-state index in [0.717, 1.165) is 11.8 Å². The van der Waals surface area contributed by atoms with E-state index >= 15 is 0 Å². The molecule has 0 amide bonds. The van der Waals surface area contributed by atoms with Crippen molar-refractivity contribution < 1.29 is 5.11 Å². The molecule has 0 aromatic rings. The first-order valence-corrected chi connectivity index (χ1v) is 8.59. The minimum absolute atomic E-state index is 0.301. The summed E-state index contributed by atoms with van der Waals surface area (Å²) in [6.07, 6.45) is 12.9. The molecule has 0 heterocycles. The van der Waals surface area contributed by atoms with Gasteiger partial charge in [0.05, 0.1) is 0 Å². The molecule has 2 rings (SSSR count). The number of rotatable bonds is 5. The molecule has 0 spiro atoms. The van der Waals surface area contributed by atoms with Crippen LogP contribution in [0, 0.1) is 17.8 Å². The minimum Gasteiger partial charge on any atom is -0.396 e. The SMILES string of the molecule is CC(CO)C(C)NC1CCCCC1C1CCCCC1. The van der Waals surface area contributed by atoms with Gasteiger partial charge in [-0.3, -0.25) is 0 Å². The molecular formula is C17H33NO. The van der Waals surface area contributed by atoms with Gasteiger partial charge in [-0.05, 0) is 37.5 Å². The maximum atomic E-state index is 9.31. The van der Waals surface area contributed by atoms with Gasteiger partial charge in [-0.2, -0.15) is 0 Å². The molecule has 0 aromatic heterocycles. The Balaban J connectivity index is 1.91. The van der Waals surface area contributed by atoms with Crippen LogP contribution in [-0.2, 0) is 0 Å². The van der Waals surface area contributed by atoms with Crippen molar-refractivity contribution in [3.05, 3.63) is 0 Å². The van der Waals surface area contributed by atoms with Crippen molar-refractivity contribution in [3.63, 3.8) is 0 Å². The maximum absolute atomic E-state index is 9.31. The molecule has 0 saturated heterocycles. The second-order valence-electron chi connectivity index (χ2n) is 7.07. The predicted octanol–water partition coefficient (Wildman–Crippen LogP) is 3.73. The van der Waals surface area contributed by atoms with Gasteiger partial charge in [0.2, 0.25) is 0 Å². The molecule has 0 aliphatic heterocycles. The van der Waals surface area contributed by atoms with E-state index in [1.165, 1.54) is 57.8 Å².